The van der Waals surface area contributed by atoms with Gasteiger partial charge in [0.1, 0.15) is 16.8 Å². The molecule has 0 aromatic carbocycles. The Kier molecular flexibility index (Phi) is 3.69. The fourth-order valence-corrected chi connectivity index (χ4v) is 2.63. The van der Waals surface area contributed by atoms with Crippen LogP contribution in [0.25, 0.3) is 0 Å². The number of hydrogen-bond acceptors (Lipinski definition) is 5. The van der Waals surface area contributed by atoms with Gasteiger partial charge in [0.15, 0.2) is 5.76 Å². The predicted molar refractivity (Wildman–Crippen MR) is 73.1 cm³/mol. The van der Waals surface area contributed by atoms with Gasteiger partial charge < -0.3 is 15.5 Å². The smallest absolute Gasteiger partial charge is 0.292 e. The SMILES string of the molecule is Cc1sc(NC(=O)c2ccc(CN)o2)c(C#N)c1C. The molecule has 0 aliphatic carbocycles. The molecule has 98 valence electrons. The molecule has 0 saturated carbocycles. The van der Waals surface area contributed by atoms with Crippen molar-refractivity contribution in [2.75, 3.05) is 5.32 Å². The summed E-state index contributed by atoms with van der Waals surface area (Å²) < 4.78 is 5.26. The molecule has 3 N–H and O–H groups in total. The summed E-state index contributed by atoms with van der Waals surface area (Å²) in [7, 11) is 0. The summed E-state index contributed by atoms with van der Waals surface area (Å²) >= 11 is 1.38. The van der Waals surface area contributed by atoms with E-state index in [1.165, 1.54) is 11.3 Å². The van der Waals surface area contributed by atoms with Gasteiger partial charge in [-0.1, -0.05) is 0 Å². The number of rotatable bonds is 3. The van der Waals surface area contributed by atoms with Gasteiger partial charge in [0.2, 0.25) is 0 Å². The minimum absolute atomic E-state index is 0.188. The number of carbonyl (C=O) groups is 1. The van der Waals surface area contributed by atoms with Gasteiger partial charge in [-0.3, -0.25) is 4.79 Å². The van der Waals surface area contributed by atoms with Crippen molar-refractivity contribution in [1.29, 1.82) is 5.26 Å². The van der Waals surface area contributed by atoms with E-state index in [0.717, 1.165) is 10.4 Å². The molecule has 0 radical (unpaired) electrons. The first-order chi connectivity index (χ1) is 9.06. The number of nitrogens with zero attached hydrogens (tertiary/aromatic N) is 1. The Morgan fingerprint density at radius 3 is 2.84 bits per heavy atom. The summed E-state index contributed by atoms with van der Waals surface area (Å²) in [6.07, 6.45) is 0. The molecule has 0 aliphatic rings. The van der Waals surface area contributed by atoms with Crippen LogP contribution in [0.2, 0.25) is 0 Å². The second-order valence-corrected chi connectivity index (χ2v) is 5.25. The molecule has 19 heavy (non-hydrogen) atoms. The third-order valence-electron chi connectivity index (χ3n) is 2.81. The summed E-state index contributed by atoms with van der Waals surface area (Å²) in [5, 5.41) is 12.4. The third kappa shape index (κ3) is 2.52. The number of carbonyl (C=O) groups excluding carboxylic acids is 1. The van der Waals surface area contributed by atoms with Crippen molar-refractivity contribution in [3.63, 3.8) is 0 Å². The number of thiophene rings is 1. The number of nitrogens with one attached hydrogen (secondary N) is 1. The summed E-state index contributed by atoms with van der Waals surface area (Å²) in [5.74, 6) is 0.356. The Bertz CT molecular complexity index is 664. The Balaban J connectivity index is 2.24. The van der Waals surface area contributed by atoms with Crippen molar-refractivity contribution < 1.29 is 9.21 Å². The number of furan rings is 1. The highest BCUT2D eigenvalue weighted by Crippen LogP contribution is 2.32. The molecule has 6 heteroatoms. The number of hydrogen-bond donors (Lipinski definition) is 2. The van der Waals surface area contributed by atoms with E-state index >= 15 is 0 Å². The maximum atomic E-state index is 12.0. The average molecular weight is 275 g/mol. The monoisotopic (exact) mass is 275 g/mol. The van der Waals surface area contributed by atoms with Gasteiger partial charge in [-0.25, -0.2) is 0 Å². The first kappa shape index (κ1) is 13.3. The Morgan fingerprint density at radius 2 is 2.26 bits per heavy atom. The number of nitrogens with two attached hydrogens (primary N) is 1. The van der Waals surface area contributed by atoms with E-state index in [2.05, 4.69) is 11.4 Å². The molecule has 5 nitrogen and oxygen atoms in total. The van der Waals surface area contributed by atoms with Crippen LogP contribution in [0, 0.1) is 25.2 Å². The number of amides is 1. The van der Waals surface area contributed by atoms with Gasteiger partial charge in [-0.05, 0) is 31.5 Å². The standard InChI is InChI=1S/C13H13N3O2S/c1-7-8(2)19-13(10(7)6-15)16-12(17)11-4-3-9(5-14)18-11/h3-4H,5,14H2,1-2H3,(H,16,17). The maximum absolute atomic E-state index is 12.0. The average Bonchev–Trinajstić information content (AvgIpc) is 2.96. The molecule has 0 spiro atoms. The summed E-state index contributed by atoms with van der Waals surface area (Å²) in [5.41, 5.74) is 6.81. The van der Waals surface area contributed by atoms with Crippen molar-refractivity contribution >= 4 is 22.2 Å². The van der Waals surface area contributed by atoms with Gasteiger partial charge >= 0.3 is 0 Å². The van der Waals surface area contributed by atoms with Crippen molar-refractivity contribution in [3.8, 4) is 6.07 Å². The third-order valence-corrected chi connectivity index (χ3v) is 3.93. The Labute approximate surface area is 114 Å². The maximum Gasteiger partial charge on any atom is 0.292 e. The molecular formula is C13H13N3O2S. The van der Waals surface area contributed by atoms with Crippen molar-refractivity contribution in [1.82, 2.24) is 0 Å². The minimum atomic E-state index is -0.377. The number of aryl methyl sites for hydroxylation is 1. The molecule has 2 heterocycles. The molecule has 0 unspecified atom stereocenters. The molecule has 1 amide bonds. The van der Waals surface area contributed by atoms with Crippen LogP contribution in [-0.4, -0.2) is 5.91 Å². The lowest BCUT2D eigenvalue weighted by Crippen LogP contribution is -2.10. The number of nitriles is 1. The van der Waals surface area contributed by atoms with Crippen LogP contribution >= 0.6 is 11.3 Å². The minimum Gasteiger partial charge on any atom is -0.455 e. The lowest BCUT2D eigenvalue weighted by Gasteiger charge is -2.00. The number of anilines is 1. The summed E-state index contributed by atoms with van der Waals surface area (Å²) in [4.78, 5) is 13.0. The zero-order chi connectivity index (χ0) is 14.0. The summed E-state index contributed by atoms with van der Waals surface area (Å²) in [6, 6.07) is 5.33. The van der Waals surface area contributed by atoms with E-state index in [9.17, 15) is 4.79 Å². The largest absolute Gasteiger partial charge is 0.455 e. The lowest BCUT2D eigenvalue weighted by molar-refractivity contribution is 0.0995. The molecule has 0 saturated heterocycles. The summed E-state index contributed by atoms with van der Waals surface area (Å²) in [6.45, 7) is 4.02. The van der Waals surface area contributed by atoms with E-state index in [0.29, 0.717) is 16.3 Å². The topological polar surface area (TPSA) is 92.1 Å². The Hall–Kier alpha value is -2.10. The Morgan fingerprint density at radius 1 is 1.53 bits per heavy atom. The first-order valence-electron chi connectivity index (χ1n) is 5.67. The first-order valence-corrected chi connectivity index (χ1v) is 6.48. The molecule has 0 bridgehead atoms. The highest BCUT2D eigenvalue weighted by molar-refractivity contribution is 7.16. The van der Waals surface area contributed by atoms with Crippen LogP contribution in [0.3, 0.4) is 0 Å². The van der Waals surface area contributed by atoms with Crippen LogP contribution in [0.5, 0.6) is 0 Å². The molecular weight excluding hydrogens is 262 g/mol. The highest BCUT2D eigenvalue weighted by Gasteiger charge is 2.17. The highest BCUT2D eigenvalue weighted by atomic mass is 32.1. The van der Waals surface area contributed by atoms with Crippen molar-refractivity contribution in [2.45, 2.75) is 20.4 Å². The van der Waals surface area contributed by atoms with Crippen molar-refractivity contribution in [2.24, 2.45) is 5.73 Å². The van der Waals surface area contributed by atoms with Crippen molar-refractivity contribution in [3.05, 3.63) is 39.7 Å². The lowest BCUT2D eigenvalue weighted by atomic mass is 10.2. The molecule has 2 rings (SSSR count). The second-order valence-electron chi connectivity index (χ2n) is 4.02. The normalized spacial score (nSPS) is 10.2. The van der Waals surface area contributed by atoms with E-state index < -0.39 is 0 Å². The van der Waals surface area contributed by atoms with Crippen LogP contribution in [-0.2, 0) is 6.54 Å². The van der Waals surface area contributed by atoms with Gasteiger partial charge in [0.25, 0.3) is 5.91 Å². The van der Waals surface area contributed by atoms with E-state index in [1.807, 2.05) is 13.8 Å². The molecule has 2 aromatic rings. The second kappa shape index (κ2) is 5.26. The molecule has 0 aliphatic heterocycles. The molecule has 2 aromatic heterocycles. The van der Waals surface area contributed by atoms with Crippen LogP contribution in [0.4, 0.5) is 5.00 Å². The fraction of sp³-hybridized carbons (Fsp3) is 0.231. The van der Waals surface area contributed by atoms with E-state index in [4.69, 9.17) is 15.4 Å². The zero-order valence-electron chi connectivity index (χ0n) is 10.6. The van der Waals surface area contributed by atoms with E-state index in [1.54, 1.807) is 12.1 Å². The molecule has 0 atom stereocenters. The van der Waals surface area contributed by atoms with Gasteiger partial charge in [-0.2, -0.15) is 5.26 Å². The zero-order valence-corrected chi connectivity index (χ0v) is 11.4. The quantitative estimate of drug-likeness (QED) is 0.900. The van der Waals surface area contributed by atoms with E-state index in [-0.39, 0.29) is 18.2 Å². The fourth-order valence-electron chi connectivity index (χ4n) is 1.62. The van der Waals surface area contributed by atoms with Crippen LogP contribution < -0.4 is 11.1 Å². The van der Waals surface area contributed by atoms with Crippen LogP contribution in [0.15, 0.2) is 16.5 Å². The van der Waals surface area contributed by atoms with Gasteiger partial charge in [0, 0.05) is 4.88 Å². The van der Waals surface area contributed by atoms with Crippen LogP contribution in [0.1, 0.15) is 32.3 Å². The molecule has 0 fully saturated rings. The predicted octanol–water partition coefficient (Wildman–Crippen LogP) is 2.54. The van der Waals surface area contributed by atoms with Gasteiger partial charge in [0.05, 0.1) is 12.1 Å². The van der Waals surface area contributed by atoms with Gasteiger partial charge in [-0.15, -0.1) is 11.3 Å².